The van der Waals surface area contributed by atoms with Crippen molar-refractivity contribution in [3.8, 4) is 0 Å². The van der Waals surface area contributed by atoms with E-state index in [4.69, 9.17) is 17.3 Å². The van der Waals surface area contributed by atoms with Crippen molar-refractivity contribution >= 4 is 23.1 Å². The van der Waals surface area contributed by atoms with Crippen LogP contribution >= 0.6 is 11.6 Å². The Morgan fingerprint density at radius 2 is 1.58 bits per heavy atom. The van der Waals surface area contributed by atoms with E-state index in [2.05, 4.69) is 0 Å². The van der Waals surface area contributed by atoms with Crippen molar-refractivity contribution in [2.75, 3.05) is 5.73 Å². The third kappa shape index (κ3) is 2.64. The normalized spacial score (nSPS) is 10.5. The number of nitrogens with two attached hydrogens (primary N) is 1. The number of halogens is 1. The van der Waals surface area contributed by atoms with Crippen LogP contribution in [0.1, 0.15) is 32.6 Å². The average Bonchev–Trinajstić information content (AvgIpc) is 2.36. The Balaban J connectivity index is 2.56. The predicted octanol–water partition coefficient (Wildman–Crippen LogP) is 4.08. The van der Waals surface area contributed by atoms with Gasteiger partial charge in [-0.3, -0.25) is 4.79 Å². The van der Waals surface area contributed by atoms with E-state index in [-0.39, 0.29) is 5.78 Å². The molecule has 98 valence electrons. The van der Waals surface area contributed by atoms with Crippen molar-refractivity contribution in [1.82, 2.24) is 0 Å². The summed E-state index contributed by atoms with van der Waals surface area (Å²) in [7, 11) is 0. The molecule has 2 N–H and O–H groups in total. The third-order valence-electron chi connectivity index (χ3n) is 3.33. The molecule has 0 aliphatic heterocycles. The maximum Gasteiger partial charge on any atom is 0.194 e. The summed E-state index contributed by atoms with van der Waals surface area (Å²) in [4.78, 5) is 12.6. The highest BCUT2D eigenvalue weighted by Crippen LogP contribution is 2.25. The fraction of sp³-hybridized carbons (Fsp3) is 0.188. The molecule has 0 heterocycles. The second-order valence-corrected chi connectivity index (χ2v) is 5.23. The molecule has 0 aliphatic rings. The molecule has 0 unspecified atom stereocenters. The molecule has 0 saturated carbocycles. The Kier molecular flexibility index (Phi) is 3.63. The molecule has 3 heteroatoms. The number of hydrogen-bond donors (Lipinski definition) is 1. The number of hydrogen-bond acceptors (Lipinski definition) is 2. The van der Waals surface area contributed by atoms with E-state index in [0.29, 0.717) is 21.8 Å². The summed E-state index contributed by atoms with van der Waals surface area (Å²) in [6, 6.07) is 8.99. The molecule has 0 amide bonds. The van der Waals surface area contributed by atoms with Gasteiger partial charge < -0.3 is 5.73 Å². The van der Waals surface area contributed by atoms with Gasteiger partial charge in [0.15, 0.2) is 5.78 Å². The lowest BCUT2D eigenvalue weighted by molar-refractivity contribution is 0.103. The number of carbonyl (C=O) groups excluding carboxylic acids is 1. The van der Waals surface area contributed by atoms with Gasteiger partial charge >= 0.3 is 0 Å². The van der Waals surface area contributed by atoms with Crippen LogP contribution in [0.25, 0.3) is 0 Å². The summed E-state index contributed by atoms with van der Waals surface area (Å²) in [6.07, 6.45) is 0. The molecule has 0 fully saturated rings. The Bertz CT molecular complexity index is 662. The second kappa shape index (κ2) is 5.06. The van der Waals surface area contributed by atoms with Crippen molar-refractivity contribution in [2.45, 2.75) is 20.8 Å². The van der Waals surface area contributed by atoms with Crippen LogP contribution in [0.5, 0.6) is 0 Å². The second-order valence-electron chi connectivity index (χ2n) is 4.82. The highest BCUT2D eigenvalue weighted by atomic mass is 35.5. The van der Waals surface area contributed by atoms with E-state index in [1.54, 1.807) is 12.1 Å². The van der Waals surface area contributed by atoms with E-state index < -0.39 is 0 Å². The van der Waals surface area contributed by atoms with Gasteiger partial charge in [-0.15, -0.1) is 0 Å². The first-order valence-corrected chi connectivity index (χ1v) is 6.45. The van der Waals surface area contributed by atoms with E-state index in [1.807, 2.05) is 39.0 Å². The molecule has 0 bridgehead atoms. The van der Waals surface area contributed by atoms with Crippen molar-refractivity contribution in [1.29, 1.82) is 0 Å². The lowest BCUT2D eigenvalue weighted by atomic mass is 9.96. The highest BCUT2D eigenvalue weighted by molar-refractivity contribution is 6.35. The first-order chi connectivity index (χ1) is 8.90. The van der Waals surface area contributed by atoms with Gasteiger partial charge in [-0.05, 0) is 61.7 Å². The zero-order chi connectivity index (χ0) is 14.2. The third-order valence-corrected chi connectivity index (χ3v) is 3.65. The summed E-state index contributed by atoms with van der Waals surface area (Å²) in [6.45, 7) is 5.83. The SMILES string of the molecule is Cc1cc(Cl)c(C(=O)c2cc(N)ccc2C)cc1C. The van der Waals surface area contributed by atoms with Crippen molar-refractivity contribution < 1.29 is 4.79 Å². The minimum absolute atomic E-state index is 0.0853. The molecule has 2 rings (SSSR count). The topological polar surface area (TPSA) is 43.1 Å². The predicted molar refractivity (Wildman–Crippen MR) is 79.9 cm³/mol. The van der Waals surface area contributed by atoms with Crippen LogP contribution in [0.2, 0.25) is 5.02 Å². The molecule has 2 aromatic rings. The molecular formula is C16H16ClNO. The molecule has 0 aromatic heterocycles. The number of aryl methyl sites for hydroxylation is 3. The summed E-state index contributed by atoms with van der Waals surface area (Å²) in [5.41, 5.74) is 10.5. The molecule has 19 heavy (non-hydrogen) atoms. The molecule has 0 saturated heterocycles. The van der Waals surface area contributed by atoms with Crippen molar-refractivity contribution in [3.63, 3.8) is 0 Å². The van der Waals surface area contributed by atoms with Gasteiger partial charge in [0.05, 0.1) is 5.02 Å². The average molecular weight is 274 g/mol. The lowest BCUT2D eigenvalue weighted by Gasteiger charge is -2.10. The van der Waals surface area contributed by atoms with Gasteiger partial charge in [0.1, 0.15) is 0 Å². The monoisotopic (exact) mass is 273 g/mol. The lowest BCUT2D eigenvalue weighted by Crippen LogP contribution is -2.06. The molecule has 0 radical (unpaired) electrons. The minimum Gasteiger partial charge on any atom is -0.399 e. The summed E-state index contributed by atoms with van der Waals surface area (Å²) in [5, 5.41) is 0.481. The highest BCUT2D eigenvalue weighted by Gasteiger charge is 2.16. The van der Waals surface area contributed by atoms with Crippen molar-refractivity contribution in [3.05, 3.63) is 63.2 Å². The van der Waals surface area contributed by atoms with Gasteiger partial charge in [0.25, 0.3) is 0 Å². The molecule has 0 spiro atoms. The van der Waals surface area contributed by atoms with Gasteiger partial charge in [-0.25, -0.2) is 0 Å². The van der Waals surface area contributed by atoms with Crippen LogP contribution in [0.3, 0.4) is 0 Å². The minimum atomic E-state index is -0.0853. The number of rotatable bonds is 2. The number of anilines is 1. The van der Waals surface area contributed by atoms with E-state index in [0.717, 1.165) is 16.7 Å². The largest absolute Gasteiger partial charge is 0.399 e. The fourth-order valence-corrected chi connectivity index (χ4v) is 2.29. The molecule has 0 atom stereocenters. The van der Waals surface area contributed by atoms with Crippen LogP contribution in [0, 0.1) is 20.8 Å². The van der Waals surface area contributed by atoms with Gasteiger partial charge in [0.2, 0.25) is 0 Å². The summed E-state index contributed by atoms with van der Waals surface area (Å²) in [5.74, 6) is -0.0853. The quantitative estimate of drug-likeness (QED) is 0.662. The van der Waals surface area contributed by atoms with Gasteiger partial charge in [-0.2, -0.15) is 0 Å². The Labute approximate surface area is 118 Å². The van der Waals surface area contributed by atoms with E-state index in [9.17, 15) is 4.79 Å². The first-order valence-electron chi connectivity index (χ1n) is 6.07. The standard InChI is InChI=1S/C16H16ClNO/c1-9-4-5-12(18)8-13(9)16(19)14-6-10(2)11(3)7-15(14)17/h4-8H,18H2,1-3H3. The Hall–Kier alpha value is -1.80. The number of benzene rings is 2. The van der Waals surface area contributed by atoms with Crippen LogP contribution in [0.15, 0.2) is 30.3 Å². The fourth-order valence-electron chi connectivity index (χ4n) is 1.98. The van der Waals surface area contributed by atoms with Gasteiger partial charge in [-0.1, -0.05) is 17.7 Å². The Morgan fingerprint density at radius 3 is 2.26 bits per heavy atom. The summed E-state index contributed by atoms with van der Waals surface area (Å²) < 4.78 is 0. The first kappa shape index (κ1) is 13.6. The molecule has 2 nitrogen and oxygen atoms in total. The number of nitrogen functional groups attached to an aromatic ring is 1. The van der Waals surface area contributed by atoms with Crippen LogP contribution < -0.4 is 5.73 Å². The number of ketones is 1. The molecule has 0 aliphatic carbocycles. The van der Waals surface area contributed by atoms with E-state index >= 15 is 0 Å². The molecule has 2 aromatic carbocycles. The zero-order valence-electron chi connectivity index (χ0n) is 11.3. The number of carbonyl (C=O) groups is 1. The maximum atomic E-state index is 12.6. The maximum absolute atomic E-state index is 12.6. The molecular weight excluding hydrogens is 258 g/mol. The van der Waals surface area contributed by atoms with E-state index in [1.165, 1.54) is 0 Å². The van der Waals surface area contributed by atoms with Crippen LogP contribution in [-0.2, 0) is 0 Å². The van der Waals surface area contributed by atoms with Crippen LogP contribution in [-0.4, -0.2) is 5.78 Å². The van der Waals surface area contributed by atoms with Gasteiger partial charge in [0, 0.05) is 16.8 Å². The Morgan fingerprint density at radius 1 is 0.947 bits per heavy atom. The smallest absolute Gasteiger partial charge is 0.194 e. The van der Waals surface area contributed by atoms with Crippen LogP contribution in [0.4, 0.5) is 5.69 Å². The zero-order valence-corrected chi connectivity index (χ0v) is 12.0. The van der Waals surface area contributed by atoms with Crippen molar-refractivity contribution in [2.24, 2.45) is 0 Å². The summed E-state index contributed by atoms with van der Waals surface area (Å²) >= 11 is 6.19.